The Labute approximate surface area is 210 Å². The molecule has 5 rings (SSSR count). The topological polar surface area (TPSA) is 122 Å². The molecular formula is C24H22FN5O4S2. The number of aryl methyl sites for hydroxylation is 1. The fourth-order valence-corrected chi connectivity index (χ4v) is 5.84. The third kappa shape index (κ3) is 5.09. The van der Waals surface area contributed by atoms with Gasteiger partial charge in [0.05, 0.1) is 16.6 Å². The molecule has 1 aliphatic rings. The number of urea groups is 1. The van der Waals surface area contributed by atoms with Crippen molar-refractivity contribution in [1.29, 1.82) is 0 Å². The predicted octanol–water partition coefficient (Wildman–Crippen LogP) is 4.23. The van der Waals surface area contributed by atoms with E-state index in [1.165, 1.54) is 37.4 Å². The van der Waals surface area contributed by atoms with Crippen molar-refractivity contribution in [2.75, 3.05) is 17.2 Å². The standard InChI is InChI=1S/C24H22FN5O4S2/c1-14-2-9-22(35-14)36(33,34)29-24(32)28-17-6-8-21(19(25)10-17)30-13-27-20-11-16(26-12-15-3-4-15)5-7-18(20)23(30)31/h2,5-11,13,15,26H,3-4,12H2,1H3,(H2,28,29,32). The Morgan fingerprint density at radius 1 is 1.14 bits per heavy atom. The number of rotatable bonds is 7. The van der Waals surface area contributed by atoms with Gasteiger partial charge in [0.1, 0.15) is 16.4 Å². The molecule has 0 unspecified atom stereocenters. The van der Waals surface area contributed by atoms with Gasteiger partial charge in [-0.15, -0.1) is 11.3 Å². The van der Waals surface area contributed by atoms with Crippen LogP contribution in [0.3, 0.4) is 0 Å². The van der Waals surface area contributed by atoms with Crippen molar-refractivity contribution >= 4 is 49.7 Å². The second kappa shape index (κ2) is 9.36. The lowest BCUT2D eigenvalue weighted by atomic mass is 10.2. The molecule has 2 aromatic carbocycles. The maximum absolute atomic E-state index is 14.9. The molecule has 9 nitrogen and oxygen atoms in total. The Morgan fingerprint density at radius 3 is 2.61 bits per heavy atom. The van der Waals surface area contributed by atoms with Crippen LogP contribution < -0.4 is 20.9 Å². The lowest BCUT2D eigenvalue weighted by molar-refractivity contribution is 0.256. The summed E-state index contributed by atoms with van der Waals surface area (Å²) >= 11 is 1.02. The number of halogens is 1. The molecule has 186 valence electrons. The number of nitrogens with zero attached hydrogens (tertiary/aromatic N) is 2. The first kappa shape index (κ1) is 23.9. The van der Waals surface area contributed by atoms with E-state index in [4.69, 9.17) is 0 Å². The number of sulfonamides is 1. The van der Waals surface area contributed by atoms with Gasteiger partial charge in [0.2, 0.25) is 0 Å². The minimum Gasteiger partial charge on any atom is -0.385 e. The second-order valence-corrected chi connectivity index (χ2v) is 11.8. The zero-order chi connectivity index (χ0) is 25.4. The molecule has 1 aliphatic carbocycles. The molecule has 3 N–H and O–H groups in total. The van der Waals surface area contributed by atoms with E-state index >= 15 is 0 Å². The summed E-state index contributed by atoms with van der Waals surface area (Å²) in [6.07, 6.45) is 3.70. The smallest absolute Gasteiger partial charge is 0.333 e. The first-order valence-electron chi connectivity index (χ1n) is 11.1. The van der Waals surface area contributed by atoms with Crippen LogP contribution in [-0.4, -0.2) is 30.5 Å². The first-order valence-corrected chi connectivity index (χ1v) is 13.4. The number of benzene rings is 2. The monoisotopic (exact) mass is 527 g/mol. The van der Waals surface area contributed by atoms with Crippen molar-refractivity contribution in [3.05, 3.63) is 75.9 Å². The average molecular weight is 528 g/mol. The van der Waals surface area contributed by atoms with Gasteiger partial charge >= 0.3 is 6.03 Å². The minimum atomic E-state index is -4.05. The van der Waals surface area contributed by atoms with Crippen molar-refractivity contribution < 1.29 is 17.6 Å². The van der Waals surface area contributed by atoms with Gasteiger partial charge in [-0.05, 0) is 74.2 Å². The van der Waals surface area contributed by atoms with E-state index in [1.54, 1.807) is 31.2 Å². The molecule has 0 bridgehead atoms. The zero-order valence-electron chi connectivity index (χ0n) is 19.1. The van der Waals surface area contributed by atoms with Gasteiger partial charge in [-0.25, -0.2) is 27.3 Å². The highest BCUT2D eigenvalue weighted by molar-refractivity contribution is 7.92. The van der Waals surface area contributed by atoms with Crippen LogP contribution in [-0.2, 0) is 10.0 Å². The number of carbonyl (C=O) groups is 1. The van der Waals surface area contributed by atoms with Crippen LogP contribution in [0.5, 0.6) is 0 Å². The van der Waals surface area contributed by atoms with Gasteiger partial charge in [-0.1, -0.05) is 0 Å². The highest BCUT2D eigenvalue weighted by atomic mass is 32.2. The Kier molecular flexibility index (Phi) is 6.22. The molecule has 2 aromatic heterocycles. The van der Waals surface area contributed by atoms with E-state index in [-0.39, 0.29) is 15.6 Å². The van der Waals surface area contributed by atoms with Gasteiger partial charge < -0.3 is 10.6 Å². The molecule has 4 aromatic rings. The lowest BCUT2D eigenvalue weighted by Gasteiger charge is -2.11. The van der Waals surface area contributed by atoms with Crippen LogP contribution in [0.1, 0.15) is 17.7 Å². The summed E-state index contributed by atoms with van der Waals surface area (Å²) in [5.74, 6) is -0.0988. The summed E-state index contributed by atoms with van der Waals surface area (Å²) in [6.45, 7) is 2.63. The maximum Gasteiger partial charge on any atom is 0.333 e. The summed E-state index contributed by atoms with van der Waals surface area (Å²) in [5.41, 5.74) is 0.880. The first-order chi connectivity index (χ1) is 17.2. The quantitative estimate of drug-likeness (QED) is 0.331. The molecule has 0 spiro atoms. The highest BCUT2D eigenvalue weighted by Gasteiger charge is 2.21. The zero-order valence-corrected chi connectivity index (χ0v) is 20.7. The molecule has 0 saturated heterocycles. The highest BCUT2D eigenvalue weighted by Crippen LogP contribution is 2.29. The number of aromatic nitrogens is 2. The predicted molar refractivity (Wildman–Crippen MR) is 137 cm³/mol. The maximum atomic E-state index is 14.9. The summed E-state index contributed by atoms with van der Waals surface area (Å²) in [5, 5.41) is 5.97. The minimum absolute atomic E-state index is 0.00864. The average Bonchev–Trinajstić information content (AvgIpc) is 3.55. The van der Waals surface area contributed by atoms with Crippen LogP contribution in [0.2, 0.25) is 0 Å². The third-order valence-corrected chi connectivity index (χ3v) is 8.55. The Hall–Kier alpha value is -3.77. The largest absolute Gasteiger partial charge is 0.385 e. The van der Waals surface area contributed by atoms with Crippen LogP contribution in [0.15, 0.2) is 63.9 Å². The van der Waals surface area contributed by atoms with E-state index in [0.29, 0.717) is 16.8 Å². The van der Waals surface area contributed by atoms with Gasteiger partial charge in [-0.3, -0.25) is 9.36 Å². The van der Waals surface area contributed by atoms with E-state index in [1.807, 2.05) is 4.72 Å². The van der Waals surface area contributed by atoms with Gasteiger partial charge in [0.25, 0.3) is 15.6 Å². The molecule has 2 heterocycles. The van der Waals surface area contributed by atoms with Crippen molar-refractivity contribution in [2.45, 2.75) is 24.0 Å². The van der Waals surface area contributed by atoms with Crippen LogP contribution in [0, 0.1) is 18.7 Å². The Balaban J connectivity index is 1.33. The summed E-state index contributed by atoms with van der Waals surface area (Å²) in [6, 6.07) is 10.9. The van der Waals surface area contributed by atoms with Crippen LogP contribution in [0.4, 0.5) is 20.6 Å². The van der Waals surface area contributed by atoms with E-state index in [9.17, 15) is 22.4 Å². The van der Waals surface area contributed by atoms with Gasteiger partial charge in [-0.2, -0.15) is 0 Å². The second-order valence-electron chi connectivity index (χ2n) is 8.57. The number of anilines is 2. The summed E-state index contributed by atoms with van der Waals surface area (Å²) < 4.78 is 42.5. The normalized spacial score (nSPS) is 13.5. The molecular weight excluding hydrogens is 505 g/mol. The third-order valence-electron chi connectivity index (χ3n) is 5.72. The van der Waals surface area contributed by atoms with Crippen molar-refractivity contribution in [3.63, 3.8) is 0 Å². The molecule has 0 radical (unpaired) electrons. The fourth-order valence-electron chi connectivity index (χ4n) is 3.65. The van der Waals surface area contributed by atoms with Crippen LogP contribution in [0.25, 0.3) is 16.6 Å². The number of carbonyl (C=O) groups excluding carboxylic acids is 1. The van der Waals surface area contributed by atoms with E-state index in [0.717, 1.165) is 39.1 Å². The SMILES string of the molecule is Cc1ccc(S(=O)(=O)NC(=O)Nc2ccc(-n3cnc4cc(NCC5CC5)ccc4c3=O)c(F)c2)s1. The molecule has 1 saturated carbocycles. The van der Waals surface area contributed by atoms with Gasteiger partial charge in [0.15, 0.2) is 0 Å². The molecule has 12 heteroatoms. The molecule has 0 aliphatic heterocycles. The van der Waals surface area contributed by atoms with Crippen LogP contribution >= 0.6 is 11.3 Å². The van der Waals surface area contributed by atoms with Crippen molar-refractivity contribution in [1.82, 2.24) is 14.3 Å². The Morgan fingerprint density at radius 2 is 1.92 bits per heavy atom. The number of hydrogen-bond acceptors (Lipinski definition) is 7. The number of amides is 2. The lowest BCUT2D eigenvalue weighted by Crippen LogP contribution is -2.34. The molecule has 0 atom stereocenters. The number of hydrogen-bond donors (Lipinski definition) is 3. The summed E-state index contributed by atoms with van der Waals surface area (Å²) in [4.78, 5) is 30.3. The Bertz CT molecular complexity index is 1640. The summed E-state index contributed by atoms with van der Waals surface area (Å²) in [7, 11) is -4.05. The number of nitrogens with one attached hydrogen (secondary N) is 3. The number of thiophene rings is 1. The van der Waals surface area contributed by atoms with Crippen molar-refractivity contribution in [2.24, 2.45) is 5.92 Å². The molecule has 36 heavy (non-hydrogen) atoms. The fraction of sp³-hybridized carbons (Fsp3) is 0.208. The molecule has 1 fully saturated rings. The van der Waals surface area contributed by atoms with Crippen molar-refractivity contribution in [3.8, 4) is 5.69 Å². The van der Waals surface area contributed by atoms with Gasteiger partial charge in [0, 0.05) is 22.8 Å². The number of fused-ring (bicyclic) bond motifs is 1. The van der Waals surface area contributed by atoms with E-state index in [2.05, 4.69) is 15.6 Å². The molecule has 2 amide bonds. The van der Waals surface area contributed by atoms with E-state index < -0.39 is 27.4 Å².